The molecule has 0 bridgehead atoms. The van der Waals surface area contributed by atoms with Gasteiger partial charge in [-0.1, -0.05) is 37.3 Å². The topological polar surface area (TPSA) is 79.2 Å². The lowest BCUT2D eigenvalue weighted by Crippen LogP contribution is -2.03. The minimum Gasteiger partial charge on any atom is -0.508 e. The van der Waals surface area contributed by atoms with E-state index in [1.807, 2.05) is 43.3 Å². The lowest BCUT2D eigenvalue weighted by Gasteiger charge is -2.20. The Morgan fingerprint density at radius 1 is 0.793 bits per heavy atom. The maximum atomic E-state index is 9.91. The van der Waals surface area contributed by atoms with Gasteiger partial charge < -0.3 is 24.8 Å². The SMILES string of the molecule is COc1cc(C=Cc2ccc(O)cc2)c(C(C)c2ccc(O)c(O)c2)c(OC)c1. The average Bonchev–Trinajstić information content (AvgIpc) is 2.74. The number of aromatic hydroxyl groups is 3. The van der Waals surface area contributed by atoms with Crippen LogP contribution in [0, 0.1) is 0 Å². The number of methoxy groups -OCH3 is 2. The summed E-state index contributed by atoms with van der Waals surface area (Å²) in [6, 6.07) is 15.5. The molecule has 3 aromatic rings. The average molecular weight is 392 g/mol. The third-order valence-corrected chi connectivity index (χ3v) is 4.88. The molecule has 0 saturated heterocycles. The highest BCUT2D eigenvalue weighted by Crippen LogP contribution is 2.40. The van der Waals surface area contributed by atoms with Crippen molar-refractivity contribution in [3.63, 3.8) is 0 Å². The molecule has 0 amide bonds. The van der Waals surface area contributed by atoms with E-state index in [0.29, 0.717) is 11.5 Å². The fraction of sp³-hybridized carbons (Fsp3) is 0.167. The molecule has 5 heteroatoms. The summed E-state index contributed by atoms with van der Waals surface area (Å²) in [5, 5.41) is 29.0. The van der Waals surface area contributed by atoms with Crippen molar-refractivity contribution in [1.82, 2.24) is 0 Å². The third-order valence-electron chi connectivity index (χ3n) is 4.88. The van der Waals surface area contributed by atoms with Crippen molar-refractivity contribution in [3.8, 4) is 28.7 Å². The summed E-state index contributed by atoms with van der Waals surface area (Å²) in [5.74, 6) is 1.10. The van der Waals surface area contributed by atoms with Crippen LogP contribution in [0.2, 0.25) is 0 Å². The van der Waals surface area contributed by atoms with Crippen LogP contribution in [0.25, 0.3) is 12.2 Å². The second-order valence-corrected chi connectivity index (χ2v) is 6.73. The minimum absolute atomic E-state index is 0.123. The van der Waals surface area contributed by atoms with Crippen molar-refractivity contribution in [2.75, 3.05) is 14.2 Å². The van der Waals surface area contributed by atoms with Gasteiger partial charge in [0, 0.05) is 17.5 Å². The van der Waals surface area contributed by atoms with Crippen molar-refractivity contribution < 1.29 is 24.8 Å². The highest BCUT2D eigenvalue weighted by molar-refractivity contribution is 5.74. The van der Waals surface area contributed by atoms with Crippen molar-refractivity contribution >= 4 is 12.2 Å². The molecule has 0 aliphatic carbocycles. The number of rotatable bonds is 6. The molecule has 5 nitrogen and oxygen atoms in total. The van der Waals surface area contributed by atoms with Crippen LogP contribution in [-0.4, -0.2) is 29.5 Å². The van der Waals surface area contributed by atoms with E-state index >= 15 is 0 Å². The fourth-order valence-corrected chi connectivity index (χ4v) is 3.26. The molecule has 29 heavy (non-hydrogen) atoms. The molecular formula is C24H24O5. The Labute approximate surface area is 170 Å². The molecule has 1 unspecified atom stereocenters. The monoisotopic (exact) mass is 392 g/mol. The predicted molar refractivity (Wildman–Crippen MR) is 114 cm³/mol. The van der Waals surface area contributed by atoms with Crippen LogP contribution in [-0.2, 0) is 0 Å². The van der Waals surface area contributed by atoms with Crippen LogP contribution >= 0.6 is 0 Å². The number of hydrogen-bond donors (Lipinski definition) is 3. The third kappa shape index (κ3) is 4.46. The number of hydrogen-bond acceptors (Lipinski definition) is 5. The van der Waals surface area contributed by atoms with Gasteiger partial charge in [0.1, 0.15) is 17.2 Å². The van der Waals surface area contributed by atoms with Crippen LogP contribution in [0.3, 0.4) is 0 Å². The highest BCUT2D eigenvalue weighted by Gasteiger charge is 2.19. The van der Waals surface area contributed by atoms with E-state index in [-0.39, 0.29) is 23.2 Å². The summed E-state index contributed by atoms with van der Waals surface area (Å²) < 4.78 is 11.1. The first-order chi connectivity index (χ1) is 13.9. The van der Waals surface area contributed by atoms with E-state index in [4.69, 9.17) is 9.47 Å². The van der Waals surface area contributed by atoms with E-state index in [0.717, 1.165) is 22.3 Å². The molecule has 150 valence electrons. The first-order valence-electron chi connectivity index (χ1n) is 9.18. The lowest BCUT2D eigenvalue weighted by molar-refractivity contribution is 0.389. The first kappa shape index (κ1) is 20.1. The standard InChI is InChI=1S/C24H24O5/c1-15(17-8-11-21(26)22(27)13-17)24-18(12-20(28-2)14-23(24)29-3)7-4-16-5-9-19(25)10-6-16/h4-15,25-27H,1-3H3. The van der Waals surface area contributed by atoms with Crippen molar-refractivity contribution in [2.45, 2.75) is 12.8 Å². The van der Waals surface area contributed by atoms with E-state index in [1.54, 1.807) is 38.5 Å². The number of benzene rings is 3. The zero-order valence-corrected chi connectivity index (χ0v) is 16.6. The van der Waals surface area contributed by atoms with Gasteiger partial charge in [-0.25, -0.2) is 0 Å². The van der Waals surface area contributed by atoms with Crippen LogP contribution in [0.5, 0.6) is 28.7 Å². The molecule has 0 aromatic heterocycles. The van der Waals surface area contributed by atoms with Crippen LogP contribution < -0.4 is 9.47 Å². The van der Waals surface area contributed by atoms with E-state index in [9.17, 15) is 15.3 Å². The van der Waals surface area contributed by atoms with Gasteiger partial charge in [0.05, 0.1) is 14.2 Å². The maximum Gasteiger partial charge on any atom is 0.157 e. The van der Waals surface area contributed by atoms with E-state index < -0.39 is 0 Å². The highest BCUT2D eigenvalue weighted by atomic mass is 16.5. The second kappa shape index (κ2) is 8.61. The Hall–Kier alpha value is -3.60. The van der Waals surface area contributed by atoms with Gasteiger partial charge in [0.15, 0.2) is 11.5 Å². The van der Waals surface area contributed by atoms with Gasteiger partial charge in [-0.05, 0) is 47.0 Å². The van der Waals surface area contributed by atoms with E-state index in [2.05, 4.69) is 0 Å². The Morgan fingerprint density at radius 3 is 2.14 bits per heavy atom. The molecule has 3 aromatic carbocycles. The molecule has 0 aliphatic heterocycles. The van der Waals surface area contributed by atoms with Crippen molar-refractivity contribution in [1.29, 1.82) is 0 Å². The number of ether oxygens (including phenoxy) is 2. The van der Waals surface area contributed by atoms with Crippen molar-refractivity contribution in [3.05, 3.63) is 76.9 Å². The fourth-order valence-electron chi connectivity index (χ4n) is 3.26. The minimum atomic E-state index is -0.164. The first-order valence-corrected chi connectivity index (χ1v) is 9.18. The van der Waals surface area contributed by atoms with Gasteiger partial charge in [-0.15, -0.1) is 0 Å². The summed E-state index contributed by atoms with van der Waals surface area (Å²) in [6.07, 6.45) is 3.90. The zero-order valence-electron chi connectivity index (χ0n) is 16.6. The second-order valence-electron chi connectivity index (χ2n) is 6.73. The summed E-state index contributed by atoms with van der Waals surface area (Å²) in [6.45, 7) is 2.01. The smallest absolute Gasteiger partial charge is 0.157 e. The Kier molecular flexibility index (Phi) is 5.98. The van der Waals surface area contributed by atoms with Gasteiger partial charge in [-0.3, -0.25) is 0 Å². The van der Waals surface area contributed by atoms with Gasteiger partial charge in [-0.2, -0.15) is 0 Å². The number of phenolic OH excluding ortho intramolecular Hbond substituents is 3. The lowest BCUT2D eigenvalue weighted by atomic mass is 9.88. The molecule has 0 radical (unpaired) electrons. The van der Waals surface area contributed by atoms with Crippen molar-refractivity contribution in [2.24, 2.45) is 0 Å². The molecule has 0 fully saturated rings. The van der Waals surface area contributed by atoms with Gasteiger partial charge >= 0.3 is 0 Å². The van der Waals surface area contributed by atoms with Crippen LogP contribution in [0.4, 0.5) is 0 Å². The summed E-state index contributed by atoms with van der Waals surface area (Å²) in [4.78, 5) is 0. The van der Waals surface area contributed by atoms with Gasteiger partial charge in [0.25, 0.3) is 0 Å². The quantitative estimate of drug-likeness (QED) is 0.400. The van der Waals surface area contributed by atoms with Gasteiger partial charge in [0.2, 0.25) is 0 Å². The van der Waals surface area contributed by atoms with E-state index in [1.165, 1.54) is 6.07 Å². The largest absolute Gasteiger partial charge is 0.508 e. The Bertz CT molecular complexity index is 1020. The molecule has 3 N–H and O–H groups in total. The zero-order chi connectivity index (χ0) is 21.0. The summed E-state index contributed by atoms with van der Waals surface area (Å²) in [5.41, 5.74) is 3.59. The molecule has 0 spiro atoms. The molecule has 1 atom stereocenters. The predicted octanol–water partition coefficient (Wildman–Crippen LogP) is 5.14. The Morgan fingerprint density at radius 2 is 1.52 bits per heavy atom. The molecular weight excluding hydrogens is 368 g/mol. The maximum absolute atomic E-state index is 9.91. The number of phenols is 3. The summed E-state index contributed by atoms with van der Waals surface area (Å²) >= 11 is 0. The molecule has 0 saturated carbocycles. The molecule has 0 aliphatic rings. The summed E-state index contributed by atoms with van der Waals surface area (Å²) in [7, 11) is 3.20. The molecule has 0 heterocycles. The Balaban J connectivity index is 2.10. The van der Waals surface area contributed by atoms with Crippen LogP contribution in [0.1, 0.15) is 35.1 Å². The molecule has 3 rings (SSSR count). The normalized spacial score (nSPS) is 12.1. The van der Waals surface area contributed by atoms with Crippen LogP contribution in [0.15, 0.2) is 54.6 Å².